The maximum Gasteiger partial charge on any atom is 0.203 e. The molecule has 0 atom stereocenters. The van der Waals surface area contributed by atoms with Gasteiger partial charge in [-0.1, -0.05) is 12.1 Å². The number of aromatic nitrogens is 3. The van der Waals surface area contributed by atoms with Crippen LogP contribution < -0.4 is 0 Å². The van der Waals surface area contributed by atoms with Crippen LogP contribution in [0.15, 0.2) is 46.9 Å². The zero-order chi connectivity index (χ0) is 16.0. The Bertz CT molecular complexity index is 1040. The molecule has 0 fully saturated rings. The Kier molecular flexibility index (Phi) is 3.01. The molecule has 0 aliphatic carbocycles. The number of carbonyl (C=O) groups is 1. The molecule has 114 valence electrons. The van der Waals surface area contributed by atoms with Gasteiger partial charge in [0.1, 0.15) is 11.3 Å². The fraction of sp³-hybridized carbons (Fsp3) is 0.167. The van der Waals surface area contributed by atoms with E-state index in [4.69, 9.17) is 4.42 Å². The average Bonchev–Trinajstić information content (AvgIpc) is 3.08. The number of benzene rings is 2. The van der Waals surface area contributed by atoms with Crippen LogP contribution in [0.25, 0.3) is 22.1 Å². The highest BCUT2D eigenvalue weighted by atomic mass is 16.3. The van der Waals surface area contributed by atoms with Gasteiger partial charge in [-0.05, 0) is 37.3 Å². The summed E-state index contributed by atoms with van der Waals surface area (Å²) in [5.41, 5.74) is 4.06. The number of aryl methyl sites for hydroxylation is 1. The van der Waals surface area contributed by atoms with Crippen molar-refractivity contribution in [1.29, 1.82) is 0 Å². The van der Waals surface area contributed by atoms with Gasteiger partial charge in [0, 0.05) is 12.6 Å². The number of carbonyl (C=O) groups excluding carboxylic acids is 1. The highest BCUT2D eigenvalue weighted by molar-refractivity contribution is 5.96. The third kappa shape index (κ3) is 2.30. The second-order valence-electron chi connectivity index (χ2n) is 5.60. The minimum absolute atomic E-state index is 0.0202. The zero-order valence-corrected chi connectivity index (χ0v) is 12.9. The predicted octanol–water partition coefficient (Wildman–Crippen LogP) is 3.51. The van der Waals surface area contributed by atoms with Crippen molar-refractivity contribution in [3.63, 3.8) is 0 Å². The lowest BCUT2D eigenvalue weighted by Crippen LogP contribution is -1.99. The summed E-state index contributed by atoms with van der Waals surface area (Å²) in [6.45, 7) is 1.54. The monoisotopic (exact) mass is 305 g/mol. The first-order valence-corrected chi connectivity index (χ1v) is 7.42. The van der Waals surface area contributed by atoms with Gasteiger partial charge in [0.15, 0.2) is 11.4 Å². The van der Waals surface area contributed by atoms with Gasteiger partial charge >= 0.3 is 0 Å². The predicted molar refractivity (Wildman–Crippen MR) is 87.5 cm³/mol. The van der Waals surface area contributed by atoms with Crippen LogP contribution in [-0.4, -0.2) is 20.3 Å². The van der Waals surface area contributed by atoms with Crippen LogP contribution in [0.3, 0.4) is 0 Å². The van der Waals surface area contributed by atoms with Crippen LogP contribution >= 0.6 is 0 Å². The van der Waals surface area contributed by atoms with Gasteiger partial charge in [-0.3, -0.25) is 4.79 Å². The zero-order valence-electron chi connectivity index (χ0n) is 12.9. The van der Waals surface area contributed by atoms with E-state index < -0.39 is 0 Å². The molecule has 0 radical (unpaired) electrons. The fourth-order valence-corrected chi connectivity index (χ4v) is 2.76. The summed E-state index contributed by atoms with van der Waals surface area (Å²) in [5, 5.41) is 0. The maximum absolute atomic E-state index is 11.5. The number of fused-ring (bicyclic) bond motifs is 2. The van der Waals surface area contributed by atoms with Crippen molar-refractivity contribution in [3.05, 3.63) is 59.7 Å². The molecule has 23 heavy (non-hydrogen) atoms. The molecule has 2 aromatic heterocycles. The Labute approximate surface area is 132 Å². The molecule has 2 aromatic carbocycles. The van der Waals surface area contributed by atoms with E-state index in [9.17, 15) is 4.79 Å². The van der Waals surface area contributed by atoms with Crippen molar-refractivity contribution in [1.82, 2.24) is 14.5 Å². The molecule has 0 saturated heterocycles. The van der Waals surface area contributed by atoms with Crippen LogP contribution in [-0.2, 0) is 13.5 Å². The molecule has 4 aromatic rings. The van der Waals surface area contributed by atoms with E-state index in [1.54, 1.807) is 25.1 Å². The molecule has 0 aliphatic heterocycles. The van der Waals surface area contributed by atoms with Crippen LogP contribution in [0, 0.1) is 0 Å². The van der Waals surface area contributed by atoms with Crippen LogP contribution in [0.2, 0.25) is 0 Å². The first-order chi connectivity index (χ1) is 11.1. The van der Waals surface area contributed by atoms with Gasteiger partial charge in [-0.2, -0.15) is 0 Å². The number of rotatable bonds is 3. The first-order valence-electron chi connectivity index (χ1n) is 7.42. The van der Waals surface area contributed by atoms with Gasteiger partial charge in [0.25, 0.3) is 0 Å². The summed E-state index contributed by atoms with van der Waals surface area (Å²) in [6, 6.07) is 13.3. The molecule has 0 amide bonds. The lowest BCUT2D eigenvalue weighted by Gasteiger charge is -1.98. The number of nitrogens with zero attached hydrogens (tertiary/aromatic N) is 3. The van der Waals surface area contributed by atoms with E-state index in [1.165, 1.54) is 0 Å². The smallest absolute Gasteiger partial charge is 0.203 e. The molecule has 0 aliphatic rings. The average molecular weight is 305 g/mol. The van der Waals surface area contributed by atoms with Crippen molar-refractivity contribution in [2.45, 2.75) is 13.3 Å². The largest absolute Gasteiger partial charge is 0.440 e. The van der Waals surface area contributed by atoms with Gasteiger partial charge < -0.3 is 8.98 Å². The van der Waals surface area contributed by atoms with E-state index in [2.05, 4.69) is 9.97 Å². The molecule has 0 unspecified atom stereocenters. The van der Waals surface area contributed by atoms with Gasteiger partial charge in [-0.15, -0.1) is 0 Å². The van der Waals surface area contributed by atoms with Gasteiger partial charge in [0.05, 0.1) is 17.5 Å². The third-order valence-corrected chi connectivity index (χ3v) is 4.03. The Hall–Kier alpha value is -2.95. The molecule has 2 heterocycles. The maximum atomic E-state index is 11.5. The second kappa shape index (κ2) is 5.05. The van der Waals surface area contributed by atoms with Crippen molar-refractivity contribution >= 4 is 27.9 Å². The summed E-state index contributed by atoms with van der Waals surface area (Å²) in [5.74, 6) is 1.51. The minimum atomic E-state index is 0.0202. The highest BCUT2D eigenvalue weighted by Crippen LogP contribution is 2.21. The number of oxazole rings is 1. The Morgan fingerprint density at radius 3 is 2.74 bits per heavy atom. The molecule has 5 nitrogen and oxygen atoms in total. The lowest BCUT2D eigenvalue weighted by atomic mass is 10.1. The molecule has 5 heteroatoms. The Balaban J connectivity index is 1.74. The van der Waals surface area contributed by atoms with Crippen molar-refractivity contribution in [2.24, 2.45) is 7.05 Å². The second-order valence-corrected chi connectivity index (χ2v) is 5.60. The quantitative estimate of drug-likeness (QED) is 0.543. The minimum Gasteiger partial charge on any atom is -0.440 e. The summed E-state index contributed by atoms with van der Waals surface area (Å²) in [7, 11) is 1.99. The molecular formula is C18H15N3O2. The molecule has 0 spiro atoms. The number of imidazole rings is 1. The number of Topliss-reactive ketones (excluding diaryl/α,β-unsaturated/α-hetero) is 1. The van der Waals surface area contributed by atoms with E-state index in [-0.39, 0.29) is 5.78 Å². The normalized spacial score (nSPS) is 11.4. The van der Waals surface area contributed by atoms with E-state index in [1.807, 2.05) is 35.9 Å². The number of hydrogen-bond donors (Lipinski definition) is 0. The number of ketones is 1. The Morgan fingerprint density at radius 1 is 1.13 bits per heavy atom. The highest BCUT2D eigenvalue weighted by Gasteiger charge is 2.13. The van der Waals surface area contributed by atoms with Crippen molar-refractivity contribution in [2.75, 3.05) is 0 Å². The summed E-state index contributed by atoms with van der Waals surface area (Å²) >= 11 is 0. The lowest BCUT2D eigenvalue weighted by molar-refractivity contribution is 0.101. The SMILES string of the molecule is CC(=O)c1ccc2oc(Cc3nc4ccccc4n3C)nc2c1. The number of para-hydroxylation sites is 2. The van der Waals surface area contributed by atoms with Crippen LogP contribution in [0.5, 0.6) is 0 Å². The van der Waals surface area contributed by atoms with Crippen molar-refractivity contribution in [3.8, 4) is 0 Å². The van der Waals surface area contributed by atoms with E-state index in [0.717, 1.165) is 16.9 Å². The van der Waals surface area contributed by atoms with Crippen LogP contribution in [0.4, 0.5) is 0 Å². The molecule has 0 bridgehead atoms. The van der Waals surface area contributed by atoms with E-state index >= 15 is 0 Å². The molecule has 4 rings (SSSR count). The van der Waals surface area contributed by atoms with Gasteiger partial charge in [-0.25, -0.2) is 9.97 Å². The molecule has 0 saturated carbocycles. The Morgan fingerprint density at radius 2 is 1.96 bits per heavy atom. The number of hydrogen-bond acceptors (Lipinski definition) is 4. The fourth-order valence-electron chi connectivity index (χ4n) is 2.76. The standard InChI is InChI=1S/C18H15N3O2/c1-11(22)12-7-8-16-14(9-12)20-18(23-16)10-17-19-13-5-3-4-6-15(13)21(17)2/h3-9H,10H2,1-2H3. The third-order valence-electron chi connectivity index (χ3n) is 4.03. The summed E-state index contributed by atoms with van der Waals surface area (Å²) in [6.07, 6.45) is 0.509. The summed E-state index contributed by atoms with van der Waals surface area (Å²) < 4.78 is 7.83. The van der Waals surface area contributed by atoms with Crippen LogP contribution in [0.1, 0.15) is 29.0 Å². The topological polar surface area (TPSA) is 60.9 Å². The first kappa shape index (κ1) is 13.7. The summed E-state index contributed by atoms with van der Waals surface area (Å²) in [4.78, 5) is 20.6. The molecular weight excluding hydrogens is 290 g/mol. The van der Waals surface area contributed by atoms with E-state index in [0.29, 0.717) is 29.0 Å². The molecule has 0 N–H and O–H groups in total. The van der Waals surface area contributed by atoms with Gasteiger partial charge in [0.2, 0.25) is 5.89 Å². The van der Waals surface area contributed by atoms with Crippen molar-refractivity contribution < 1.29 is 9.21 Å².